The van der Waals surface area contributed by atoms with Crippen molar-refractivity contribution >= 4 is 5.78 Å². The summed E-state index contributed by atoms with van der Waals surface area (Å²) in [7, 11) is 0. The predicted octanol–water partition coefficient (Wildman–Crippen LogP) is 3.01. The van der Waals surface area contributed by atoms with Crippen molar-refractivity contribution in [1.82, 2.24) is 0 Å². The first kappa shape index (κ1) is 10.7. The second-order valence-corrected chi connectivity index (χ2v) is 4.32. The molecular formula is C15H14O. The Hall–Kier alpha value is -1.81. The van der Waals surface area contributed by atoms with Crippen LogP contribution in [-0.4, -0.2) is 5.78 Å². The maximum Gasteiger partial charge on any atom is 0.170 e. The minimum atomic E-state index is -0.430. The summed E-state index contributed by atoms with van der Waals surface area (Å²) >= 11 is 0. The summed E-state index contributed by atoms with van der Waals surface area (Å²) in [5.74, 6) is 2.81. The zero-order valence-corrected chi connectivity index (χ0v) is 9.20. The molecule has 0 aromatic heterocycles. The number of Topliss-reactive ketones (excluding diaryl/α,β-unsaturated/α-hetero) is 1. The van der Waals surface area contributed by atoms with Crippen LogP contribution in [0.3, 0.4) is 0 Å². The summed E-state index contributed by atoms with van der Waals surface area (Å²) in [6, 6.07) is 7.76. The van der Waals surface area contributed by atoms with Crippen molar-refractivity contribution in [3.05, 3.63) is 48.0 Å². The molecule has 0 fully saturated rings. The Labute approximate surface area is 96.2 Å². The molecule has 0 amide bonds. The lowest BCUT2D eigenvalue weighted by Gasteiger charge is -2.23. The summed E-state index contributed by atoms with van der Waals surface area (Å²) in [5.41, 5.74) is 1.52. The Kier molecular flexibility index (Phi) is 2.66. The van der Waals surface area contributed by atoms with E-state index in [1.54, 1.807) is 6.08 Å². The molecule has 1 atom stereocenters. The molecule has 1 aromatic rings. The Morgan fingerprint density at radius 3 is 2.88 bits per heavy atom. The van der Waals surface area contributed by atoms with Gasteiger partial charge in [-0.25, -0.2) is 0 Å². The average Bonchev–Trinajstić information content (AvgIpc) is 2.54. The maximum absolute atomic E-state index is 12.4. The second-order valence-electron chi connectivity index (χ2n) is 4.32. The van der Waals surface area contributed by atoms with Gasteiger partial charge in [-0.1, -0.05) is 30.3 Å². The van der Waals surface area contributed by atoms with Gasteiger partial charge in [0.2, 0.25) is 0 Å². The summed E-state index contributed by atoms with van der Waals surface area (Å²) in [6.07, 6.45) is 9.08. The second kappa shape index (κ2) is 3.98. The Morgan fingerprint density at radius 2 is 2.25 bits per heavy atom. The standard InChI is InChI=1S/C15H14O/c1-3-9-15(10-4-2)11-12-7-5-6-8-13(12)14(15)16/h1,4-8H,2,9-11H2. The van der Waals surface area contributed by atoms with E-state index < -0.39 is 5.41 Å². The van der Waals surface area contributed by atoms with Gasteiger partial charge in [-0.05, 0) is 18.4 Å². The fraction of sp³-hybridized carbons (Fsp3) is 0.267. The number of ketones is 1. The van der Waals surface area contributed by atoms with Crippen LogP contribution >= 0.6 is 0 Å². The van der Waals surface area contributed by atoms with Gasteiger partial charge in [0.1, 0.15) is 0 Å². The number of rotatable bonds is 3. The molecule has 80 valence electrons. The van der Waals surface area contributed by atoms with Crippen molar-refractivity contribution < 1.29 is 4.79 Å². The van der Waals surface area contributed by atoms with Crippen LogP contribution < -0.4 is 0 Å². The molecule has 16 heavy (non-hydrogen) atoms. The quantitative estimate of drug-likeness (QED) is 0.553. The molecule has 0 radical (unpaired) electrons. The first-order chi connectivity index (χ1) is 7.73. The summed E-state index contributed by atoms with van der Waals surface area (Å²) in [6.45, 7) is 3.73. The van der Waals surface area contributed by atoms with E-state index in [9.17, 15) is 4.79 Å². The van der Waals surface area contributed by atoms with Gasteiger partial charge in [-0.3, -0.25) is 4.79 Å². The Morgan fingerprint density at radius 1 is 1.50 bits per heavy atom. The van der Waals surface area contributed by atoms with Gasteiger partial charge < -0.3 is 0 Å². The fourth-order valence-electron chi connectivity index (χ4n) is 2.48. The van der Waals surface area contributed by atoms with Crippen molar-refractivity contribution in [1.29, 1.82) is 0 Å². The highest BCUT2D eigenvalue weighted by Gasteiger charge is 2.43. The van der Waals surface area contributed by atoms with E-state index in [4.69, 9.17) is 6.42 Å². The zero-order valence-electron chi connectivity index (χ0n) is 9.20. The van der Waals surface area contributed by atoms with Gasteiger partial charge in [-0.2, -0.15) is 0 Å². The topological polar surface area (TPSA) is 17.1 Å². The van der Waals surface area contributed by atoms with Crippen LogP contribution in [0.15, 0.2) is 36.9 Å². The van der Waals surface area contributed by atoms with E-state index >= 15 is 0 Å². The molecule has 0 saturated heterocycles. The average molecular weight is 210 g/mol. The van der Waals surface area contributed by atoms with Crippen molar-refractivity contribution in [3.63, 3.8) is 0 Å². The number of hydrogen-bond acceptors (Lipinski definition) is 1. The number of fused-ring (bicyclic) bond motifs is 1. The highest BCUT2D eigenvalue weighted by molar-refractivity contribution is 6.05. The van der Waals surface area contributed by atoms with Gasteiger partial charge in [0.15, 0.2) is 5.78 Å². The molecule has 1 aliphatic carbocycles. The van der Waals surface area contributed by atoms with E-state index in [2.05, 4.69) is 12.5 Å². The molecule has 0 aliphatic heterocycles. The number of benzene rings is 1. The van der Waals surface area contributed by atoms with E-state index in [0.717, 1.165) is 17.5 Å². The third kappa shape index (κ3) is 1.47. The van der Waals surface area contributed by atoms with Crippen LogP contribution in [0.5, 0.6) is 0 Å². The lowest BCUT2D eigenvalue weighted by atomic mass is 9.78. The molecule has 1 aromatic carbocycles. The molecule has 0 heterocycles. The molecule has 0 bridgehead atoms. The van der Waals surface area contributed by atoms with E-state index in [1.165, 1.54) is 0 Å². The Bertz CT molecular complexity index is 478. The van der Waals surface area contributed by atoms with E-state index in [1.807, 2.05) is 24.3 Å². The minimum Gasteiger partial charge on any atom is -0.293 e. The van der Waals surface area contributed by atoms with Crippen LogP contribution in [0.1, 0.15) is 28.8 Å². The minimum absolute atomic E-state index is 0.181. The molecule has 0 N–H and O–H groups in total. The van der Waals surface area contributed by atoms with E-state index in [-0.39, 0.29) is 5.78 Å². The lowest BCUT2D eigenvalue weighted by molar-refractivity contribution is 0.0828. The molecule has 1 nitrogen and oxygen atoms in total. The fourth-order valence-corrected chi connectivity index (χ4v) is 2.48. The molecule has 0 saturated carbocycles. The lowest BCUT2D eigenvalue weighted by Crippen LogP contribution is -2.26. The molecule has 2 rings (SSSR count). The number of carbonyl (C=O) groups excluding carboxylic acids is 1. The summed E-state index contributed by atoms with van der Waals surface area (Å²) in [5, 5.41) is 0. The predicted molar refractivity (Wildman–Crippen MR) is 65.2 cm³/mol. The van der Waals surface area contributed by atoms with Gasteiger partial charge in [0, 0.05) is 12.0 Å². The number of carbonyl (C=O) groups is 1. The van der Waals surface area contributed by atoms with Crippen LogP contribution in [0.4, 0.5) is 0 Å². The molecular weight excluding hydrogens is 196 g/mol. The summed E-state index contributed by atoms with van der Waals surface area (Å²) < 4.78 is 0. The van der Waals surface area contributed by atoms with Crippen LogP contribution in [-0.2, 0) is 6.42 Å². The summed E-state index contributed by atoms with van der Waals surface area (Å²) in [4.78, 5) is 12.4. The van der Waals surface area contributed by atoms with Gasteiger partial charge in [0.25, 0.3) is 0 Å². The van der Waals surface area contributed by atoms with Gasteiger partial charge in [-0.15, -0.1) is 18.9 Å². The molecule has 1 aliphatic rings. The smallest absolute Gasteiger partial charge is 0.170 e. The van der Waals surface area contributed by atoms with E-state index in [0.29, 0.717) is 12.8 Å². The SMILES string of the molecule is C#CCC1(CC=C)Cc2ccccc2C1=O. The van der Waals surface area contributed by atoms with Crippen molar-refractivity contribution in [2.45, 2.75) is 19.3 Å². The van der Waals surface area contributed by atoms with Gasteiger partial charge in [0.05, 0.1) is 5.41 Å². The zero-order chi connectivity index (χ0) is 11.6. The molecule has 1 unspecified atom stereocenters. The first-order valence-electron chi connectivity index (χ1n) is 5.40. The largest absolute Gasteiger partial charge is 0.293 e. The van der Waals surface area contributed by atoms with Gasteiger partial charge >= 0.3 is 0 Å². The number of hydrogen-bond donors (Lipinski definition) is 0. The first-order valence-corrected chi connectivity index (χ1v) is 5.40. The highest BCUT2D eigenvalue weighted by Crippen LogP contribution is 2.42. The monoisotopic (exact) mass is 210 g/mol. The third-order valence-electron chi connectivity index (χ3n) is 3.25. The maximum atomic E-state index is 12.4. The number of allylic oxidation sites excluding steroid dienone is 1. The Balaban J connectivity index is 2.44. The normalized spacial score (nSPS) is 22.6. The van der Waals surface area contributed by atoms with Crippen LogP contribution in [0.25, 0.3) is 0 Å². The highest BCUT2D eigenvalue weighted by atomic mass is 16.1. The van der Waals surface area contributed by atoms with Crippen molar-refractivity contribution in [3.8, 4) is 12.3 Å². The number of terminal acetylenes is 1. The van der Waals surface area contributed by atoms with Crippen molar-refractivity contribution in [2.75, 3.05) is 0 Å². The molecule has 0 spiro atoms. The third-order valence-corrected chi connectivity index (χ3v) is 3.25. The van der Waals surface area contributed by atoms with Crippen LogP contribution in [0, 0.1) is 17.8 Å². The molecule has 1 heteroatoms. The van der Waals surface area contributed by atoms with Crippen LogP contribution in [0.2, 0.25) is 0 Å². The van der Waals surface area contributed by atoms with Crippen molar-refractivity contribution in [2.24, 2.45) is 5.41 Å².